The van der Waals surface area contributed by atoms with Crippen molar-refractivity contribution in [2.45, 2.75) is 26.8 Å². The Hall–Kier alpha value is -2.32. The quantitative estimate of drug-likeness (QED) is 0.720. The van der Waals surface area contributed by atoms with Crippen LogP contribution in [0.2, 0.25) is 0 Å². The molecule has 8 heteroatoms. The molecular weight excluding hydrogens is 356 g/mol. The summed E-state index contributed by atoms with van der Waals surface area (Å²) >= 11 is 3.22. The van der Waals surface area contributed by atoms with Gasteiger partial charge in [-0.15, -0.1) is 22.7 Å². The van der Waals surface area contributed by atoms with Crippen LogP contribution < -0.4 is 10.9 Å². The van der Waals surface area contributed by atoms with Crippen molar-refractivity contribution in [3.8, 4) is 20.5 Å². The van der Waals surface area contributed by atoms with E-state index in [1.807, 2.05) is 24.4 Å². The SMILES string of the molecule is CCC(=O)NCCn1nc(-c2sc(-c3cccs3)nc2C)ccc1=O. The molecule has 1 amide bonds. The van der Waals surface area contributed by atoms with Crippen LogP contribution in [0.1, 0.15) is 19.0 Å². The molecule has 0 radical (unpaired) electrons. The third-order valence-electron chi connectivity index (χ3n) is 3.59. The van der Waals surface area contributed by atoms with Crippen LogP contribution in [-0.4, -0.2) is 27.2 Å². The summed E-state index contributed by atoms with van der Waals surface area (Å²) < 4.78 is 1.38. The van der Waals surface area contributed by atoms with E-state index in [4.69, 9.17) is 0 Å². The number of hydrogen-bond acceptors (Lipinski definition) is 6. The summed E-state index contributed by atoms with van der Waals surface area (Å²) in [5.74, 6) is -0.0388. The molecule has 0 aliphatic heterocycles. The number of hydrogen-bond donors (Lipinski definition) is 1. The number of amides is 1. The maximum atomic E-state index is 12.0. The summed E-state index contributed by atoms with van der Waals surface area (Å²) in [4.78, 5) is 30.0. The Morgan fingerprint density at radius 1 is 1.32 bits per heavy atom. The van der Waals surface area contributed by atoms with Crippen molar-refractivity contribution in [1.29, 1.82) is 0 Å². The van der Waals surface area contributed by atoms with E-state index in [2.05, 4.69) is 15.4 Å². The average molecular weight is 374 g/mol. The molecule has 130 valence electrons. The van der Waals surface area contributed by atoms with Gasteiger partial charge in [-0.25, -0.2) is 9.67 Å². The van der Waals surface area contributed by atoms with E-state index in [0.29, 0.717) is 19.5 Å². The molecule has 0 aromatic carbocycles. The van der Waals surface area contributed by atoms with Crippen molar-refractivity contribution >= 4 is 28.6 Å². The van der Waals surface area contributed by atoms with Crippen LogP contribution >= 0.6 is 22.7 Å². The highest BCUT2D eigenvalue weighted by Gasteiger charge is 2.14. The lowest BCUT2D eigenvalue weighted by molar-refractivity contribution is -0.120. The molecule has 3 heterocycles. The molecule has 6 nitrogen and oxygen atoms in total. The number of rotatable bonds is 6. The number of carbonyl (C=O) groups is 1. The second-order valence-electron chi connectivity index (χ2n) is 5.39. The second kappa shape index (κ2) is 7.71. The van der Waals surface area contributed by atoms with E-state index in [1.165, 1.54) is 10.7 Å². The number of nitrogens with zero attached hydrogens (tertiary/aromatic N) is 3. The van der Waals surface area contributed by atoms with Crippen LogP contribution in [0, 0.1) is 6.92 Å². The van der Waals surface area contributed by atoms with Crippen molar-refractivity contribution in [1.82, 2.24) is 20.1 Å². The number of thiazole rings is 1. The molecule has 0 aliphatic rings. The van der Waals surface area contributed by atoms with Crippen molar-refractivity contribution in [3.05, 3.63) is 45.7 Å². The topological polar surface area (TPSA) is 76.9 Å². The number of aromatic nitrogens is 3. The molecule has 0 saturated heterocycles. The monoisotopic (exact) mass is 374 g/mol. The Bertz CT molecular complexity index is 929. The van der Waals surface area contributed by atoms with Gasteiger partial charge in [0.25, 0.3) is 5.56 Å². The molecule has 0 unspecified atom stereocenters. The highest BCUT2D eigenvalue weighted by molar-refractivity contribution is 7.23. The van der Waals surface area contributed by atoms with Gasteiger partial charge in [0.05, 0.1) is 22.0 Å². The zero-order valence-electron chi connectivity index (χ0n) is 14.0. The molecule has 0 atom stereocenters. The van der Waals surface area contributed by atoms with Crippen molar-refractivity contribution in [2.75, 3.05) is 6.54 Å². The first-order chi connectivity index (χ1) is 12.1. The number of nitrogens with one attached hydrogen (secondary N) is 1. The van der Waals surface area contributed by atoms with Crippen molar-refractivity contribution in [3.63, 3.8) is 0 Å². The zero-order chi connectivity index (χ0) is 17.8. The van der Waals surface area contributed by atoms with E-state index in [9.17, 15) is 9.59 Å². The normalized spacial score (nSPS) is 10.8. The Labute approximate surface area is 153 Å². The summed E-state index contributed by atoms with van der Waals surface area (Å²) in [7, 11) is 0. The first kappa shape index (κ1) is 17.5. The van der Waals surface area contributed by atoms with Crippen LogP contribution in [0.5, 0.6) is 0 Å². The average Bonchev–Trinajstić information content (AvgIpc) is 3.26. The minimum absolute atomic E-state index is 0.0388. The van der Waals surface area contributed by atoms with Gasteiger partial charge in [0, 0.05) is 19.0 Å². The Kier molecular flexibility index (Phi) is 5.40. The summed E-state index contributed by atoms with van der Waals surface area (Å²) in [5, 5.41) is 10.2. The Balaban J connectivity index is 1.85. The van der Waals surface area contributed by atoms with Crippen LogP contribution in [0.15, 0.2) is 34.4 Å². The lowest BCUT2D eigenvalue weighted by Gasteiger charge is -2.07. The van der Waals surface area contributed by atoms with Crippen LogP contribution in [0.3, 0.4) is 0 Å². The minimum Gasteiger partial charge on any atom is -0.354 e. The lowest BCUT2D eigenvalue weighted by atomic mass is 10.3. The van der Waals surface area contributed by atoms with Crippen molar-refractivity contribution in [2.24, 2.45) is 0 Å². The van der Waals surface area contributed by atoms with Gasteiger partial charge in [-0.05, 0) is 24.4 Å². The van der Waals surface area contributed by atoms with Gasteiger partial charge in [-0.1, -0.05) is 13.0 Å². The maximum Gasteiger partial charge on any atom is 0.266 e. The number of thiophene rings is 1. The molecule has 3 aromatic heterocycles. The fourth-order valence-electron chi connectivity index (χ4n) is 2.30. The number of carbonyl (C=O) groups excluding carboxylic acids is 1. The minimum atomic E-state index is -0.185. The molecule has 0 bridgehead atoms. The third kappa shape index (κ3) is 4.02. The van der Waals surface area contributed by atoms with Crippen molar-refractivity contribution < 1.29 is 4.79 Å². The highest BCUT2D eigenvalue weighted by Crippen LogP contribution is 2.35. The van der Waals surface area contributed by atoms with E-state index >= 15 is 0 Å². The van der Waals surface area contributed by atoms with E-state index in [0.717, 1.165) is 26.1 Å². The molecule has 1 N–H and O–H groups in total. The first-order valence-electron chi connectivity index (χ1n) is 7.95. The lowest BCUT2D eigenvalue weighted by Crippen LogP contribution is -2.31. The molecule has 3 aromatic rings. The molecular formula is C17H18N4O2S2. The fraction of sp³-hybridized carbons (Fsp3) is 0.294. The predicted octanol–water partition coefficient (Wildman–Crippen LogP) is 2.93. The van der Waals surface area contributed by atoms with Gasteiger partial charge >= 0.3 is 0 Å². The summed E-state index contributed by atoms with van der Waals surface area (Å²) in [5.41, 5.74) is 1.43. The van der Waals surface area contributed by atoms with Gasteiger partial charge < -0.3 is 5.32 Å². The number of aryl methyl sites for hydroxylation is 1. The Morgan fingerprint density at radius 3 is 2.88 bits per heavy atom. The van der Waals surface area contributed by atoms with Gasteiger partial charge in [-0.2, -0.15) is 5.10 Å². The Morgan fingerprint density at radius 2 is 2.16 bits per heavy atom. The predicted molar refractivity (Wildman–Crippen MR) is 101 cm³/mol. The second-order valence-corrected chi connectivity index (χ2v) is 7.34. The molecule has 0 spiro atoms. The standard InChI is InChI=1S/C17H18N4O2S2/c1-3-14(22)18-8-9-21-15(23)7-6-12(20-21)16-11(2)19-17(25-16)13-5-4-10-24-13/h4-7,10H,3,8-9H2,1-2H3,(H,18,22). The third-order valence-corrected chi connectivity index (χ3v) is 5.81. The smallest absolute Gasteiger partial charge is 0.266 e. The fourth-order valence-corrected chi connectivity index (χ4v) is 4.12. The van der Waals surface area contributed by atoms with Gasteiger partial charge in [0.1, 0.15) is 10.7 Å². The highest BCUT2D eigenvalue weighted by atomic mass is 32.1. The summed E-state index contributed by atoms with van der Waals surface area (Å²) in [6.45, 7) is 4.46. The maximum absolute atomic E-state index is 12.0. The van der Waals surface area contributed by atoms with Gasteiger partial charge in [-0.3, -0.25) is 9.59 Å². The van der Waals surface area contributed by atoms with Gasteiger partial charge in [0.2, 0.25) is 5.91 Å². The molecule has 0 saturated carbocycles. The van der Waals surface area contributed by atoms with Gasteiger partial charge in [0.15, 0.2) is 0 Å². The first-order valence-corrected chi connectivity index (χ1v) is 9.64. The summed E-state index contributed by atoms with van der Waals surface area (Å²) in [6, 6.07) is 7.27. The molecule has 0 aliphatic carbocycles. The van der Waals surface area contributed by atoms with Crippen LogP contribution in [0.4, 0.5) is 0 Å². The molecule has 0 fully saturated rings. The largest absolute Gasteiger partial charge is 0.354 e. The van der Waals surface area contributed by atoms with E-state index < -0.39 is 0 Å². The van der Waals surface area contributed by atoms with E-state index in [-0.39, 0.29) is 11.5 Å². The zero-order valence-corrected chi connectivity index (χ0v) is 15.6. The summed E-state index contributed by atoms with van der Waals surface area (Å²) in [6.07, 6.45) is 0.425. The van der Waals surface area contributed by atoms with Crippen LogP contribution in [-0.2, 0) is 11.3 Å². The molecule has 25 heavy (non-hydrogen) atoms. The van der Waals surface area contributed by atoms with Crippen LogP contribution in [0.25, 0.3) is 20.5 Å². The van der Waals surface area contributed by atoms with E-state index in [1.54, 1.807) is 35.7 Å². The molecule has 3 rings (SSSR count).